The van der Waals surface area contributed by atoms with Crippen molar-refractivity contribution in [2.24, 2.45) is 11.8 Å². The number of nitrogens with zero attached hydrogens (tertiary/aromatic N) is 4. The van der Waals surface area contributed by atoms with Crippen LogP contribution in [0.15, 0.2) is 43.0 Å². The Hall–Kier alpha value is -3.35. The molecule has 1 aliphatic heterocycles. The van der Waals surface area contributed by atoms with Gasteiger partial charge in [0.1, 0.15) is 5.69 Å². The topological polar surface area (TPSA) is 112 Å². The number of hydrogen-bond donors (Lipinski definition) is 4. The molecule has 3 aromatic heterocycles. The maximum absolute atomic E-state index is 13.3. The minimum atomic E-state index is -4.59. The predicted octanol–water partition coefficient (Wildman–Crippen LogP) is 0.599. The van der Waals surface area contributed by atoms with E-state index in [9.17, 15) is 18.0 Å². The van der Waals surface area contributed by atoms with Crippen molar-refractivity contribution in [2.45, 2.75) is 12.2 Å². The number of imidazole rings is 1. The number of piperidine rings is 1. The second-order valence-electron chi connectivity index (χ2n) is 8.57. The average molecular weight is 539 g/mol. The Morgan fingerprint density at radius 1 is 1.19 bits per heavy atom. The second kappa shape index (κ2) is 8.95. The first-order chi connectivity index (χ1) is 16.8. The maximum Gasteiger partial charge on any atom is 1.00 e. The molecule has 0 radical (unpaired) electrons. The van der Waals surface area contributed by atoms with Crippen molar-refractivity contribution in [3.8, 4) is 11.3 Å². The second-order valence-corrected chi connectivity index (χ2v) is 8.98. The number of H-pyrrole nitrogens is 1. The maximum atomic E-state index is 13.3. The fourth-order valence-electron chi connectivity index (χ4n) is 4.68. The van der Waals surface area contributed by atoms with Crippen LogP contribution < -0.4 is 28.4 Å². The zero-order chi connectivity index (χ0) is 24.3. The molecule has 14 heteroatoms. The lowest BCUT2D eigenvalue weighted by Gasteiger charge is -2.12. The highest BCUT2D eigenvalue weighted by atomic mass is 35.5. The molecule has 2 aliphatic rings. The van der Waals surface area contributed by atoms with E-state index in [1.165, 1.54) is 23.0 Å². The van der Waals surface area contributed by atoms with Gasteiger partial charge in [-0.15, -0.1) is 0 Å². The molecule has 188 valence electrons. The van der Waals surface area contributed by atoms with Crippen LogP contribution in [0, 0.1) is 11.8 Å². The minimum absolute atomic E-state index is 0. The molecule has 1 saturated heterocycles. The van der Waals surface area contributed by atoms with Gasteiger partial charge in [0.25, 0.3) is 5.91 Å². The van der Waals surface area contributed by atoms with Gasteiger partial charge in [-0.3, -0.25) is 14.3 Å². The van der Waals surface area contributed by atoms with Gasteiger partial charge in [0.2, 0.25) is 0 Å². The Morgan fingerprint density at radius 2 is 1.97 bits per heavy atom. The van der Waals surface area contributed by atoms with E-state index in [2.05, 4.69) is 31.0 Å². The zero-order valence-electron chi connectivity index (χ0n) is 19.3. The van der Waals surface area contributed by atoms with Crippen molar-refractivity contribution in [3.63, 3.8) is 0 Å². The number of alkyl halides is 3. The number of aromatic amines is 1. The number of halogens is 5. The molecule has 1 unspecified atom stereocenters. The molecule has 4 aromatic rings. The van der Waals surface area contributed by atoms with Gasteiger partial charge < -0.3 is 28.4 Å². The van der Waals surface area contributed by atoms with Gasteiger partial charge in [0, 0.05) is 37.2 Å². The van der Waals surface area contributed by atoms with Gasteiger partial charge in [0.05, 0.1) is 34.2 Å². The molecule has 2 fully saturated rings. The molecule has 0 bridgehead atoms. The third kappa shape index (κ3) is 4.14. The number of aromatic nitrogens is 5. The fraction of sp³-hybridized carbons (Fsp3) is 0.273. The van der Waals surface area contributed by atoms with Gasteiger partial charge in [-0.1, -0.05) is 11.6 Å². The van der Waals surface area contributed by atoms with Crippen LogP contribution in [0.2, 0.25) is 5.02 Å². The van der Waals surface area contributed by atoms with Crippen LogP contribution in [-0.4, -0.2) is 49.6 Å². The highest BCUT2D eigenvalue weighted by Gasteiger charge is 2.53. The van der Waals surface area contributed by atoms with E-state index in [0.29, 0.717) is 34.6 Å². The summed E-state index contributed by atoms with van der Waals surface area (Å²) in [6.07, 6.45) is 0.794. The summed E-state index contributed by atoms with van der Waals surface area (Å²) in [6.45, 7) is 1.83. The van der Waals surface area contributed by atoms with Gasteiger partial charge in [-0.05, 0) is 30.0 Å². The molecule has 1 aliphatic carbocycles. The van der Waals surface area contributed by atoms with Crippen LogP contribution in [0.1, 0.15) is 17.5 Å². The summed E-state index contributed by atoms with van der Waals surface area (Å²) < 4.78 is 41.5. The summed E-state index contributed by atoms with van der Waals surface area (Å²) in [4.78, 5) is 21.2. The zero-order valence-corrected chi connectivity index (χ0v) is 19.8. The summed E-state index contributed by atoms with van der Waals surface area (Å²) in [5, 5.41) is 15.2. The normalized spacial score (nSPS) is 20.6. The van der Waals surface area contributed by atoms with E-state index in [1.54, 1.807) is 18.2 Å². The molecule has 0 spiro atoms. The molecule has 1 amide bonds. The van der Waals surface area contributed by atoms with Gasteiger partial charge >= 0.3 is 7.60 Å². The summed E-state index contributed by atoms with van der Waals surface area (Å²) in [7, 11) is 0. The smallest absolute Gasteiger partial charge is 1.00 e. The Bertz CT molecular complexity index is 1450. The highest BCUT2D eigenvalue weighted by molar-refractivity contribution is 6.34. The SMILES string of the molecule is O=C(NC1[C@H]2CNC[C@@H]12)c1ccc(Nc2nccn3c(-c4cn[nH]c4C(F)(F)F)cnc23)cc1Cl.[Cl-].[H+]. The Morgan fingerprint density at radius 3 is 2.69 bits per heavy atom. The fourth-order valence-corrected chi connectivity index (χ4v) is 4.94. The first kappa shape index (κ1) is 24.3. The minimum Gasteiger partial charge on any atom is -1.00 e. The van der Waals surface area contributed by atoms with Crippen molar-refractivity contribution in [1.29, 1.82) is 0 Å². The van der Waals surface area contributed by atoms with Crippen molar-refractivity contribution < 1.29 is 31.8 Å². The molecule has 6 rings (SSSR count). The molecule has 3 atom stereocenters. The van der Waals surface area contributed by atoms with E-state index >= 15 is 0 Å². The lowest BCUT2D eigenvalue weighted by molar-refractivity contribution is -0.140. The lowest BCUT2D eigenvalue weighted by Crippen LogP contribution is -3.00. The third-order valence-electron chi connectivity index (χ3n) is 6.49. The lowest BCUT2D eigenvalue weighted by atomic mass is 10.2. The first-order valence-corrected chi connectivity index (χ1v) is 11.2. The van der Waals surface area contributed by atoms with E-state index < -0.39 is 11.9 Å². The summed E-state index contributed by atoms with van der Waals surface area (Å²) in [6, 6.07) is 5.08. The van der Waals surface area contributed by atoms with Gasteiger partial charge in [0.15, 0.2) is 11.5 Å². The number of amides is 1. The largest absolute Gasteiger partial charge is 1.00 e. The van der Waals surface area contributed by atoms with Crippen molar-refractivity contribution in [2.75, 3.05) is 18.4 Å². The quantitative estimate of drug-likeness (QED) is 0.296. The number of carbonyl (C=O) groups excluding carboxylic acids is 1. The van der Waals surface area contributed by atoms with Crippen molar-refractivity contribution >= 4 is 34.7 Å². The Labute approximate surface area is 214 Å². The Balaban J connectivity index is 0.00000160. The molecular formula is C22H19Cl2F3N8O. The number of rotatable bonds is 5. The molecule has 4 N–H and O–H groups in total. The van der Waals surface area contributed by atoms with Gasteiger partial charge in [-0.25, -0.2) is 9.97 Å². The van der Waals surface area contributed by atoms with Crippen LogP contribution in [0.4, 0.5) is 24.7 Å². The van der Waals surface area contributed by atoms with E-state index in [1.807, 2.05) is 5.10 Å². The molecular weight excluding hydrogens is 520 g/mol. The summed E-state index contributed by atoms with van der Waals surface area (Å²) in [5.74, 6) is 1.06. The third-order valence-corrected chi connectivity index (χ3v) is 6.81. The number of fused-ring (bicyclic) bond motifs is 2. The first-order valence-electron chi connectivity index (χ1n) is 10.8. The van der Waals surface area contributed by atoms with E-state index in [4.69, 9.17) is 11.6 Å². The number of benzene rings is 1. The van der Waals surface area contributed by atoms with E-state index in [-0.39, 0.29) is 42.1 Å². The number of anilines is 2. The molecule has 4 heterocycles. The standard InChI is InChI=1S/C22H18ClF3N8O.ClH/c23-15-5-10(1-2-11(15)21(35)32-17-12-6-27-7-13(12)17)31-19-20-29-9-16(34(20)4-3-28-19)14-8-30-33-18(14)22(24,25)26;/h1-5,8-9,12-13,17,27H,6-7H2,(H,28,31)(H,30,33)(H,32,35);1H/t12-,13+,17?;. The van der Waals surface area contributed by atoms with Crippen molar-refractivity contribution in [1.82, 2.24) is 35.2 Å². The Kier molecular flexibility index (Phi) is 6.05. The number of carbonyl (C=O) groups is 1. The summed E-state index contributed by atoms with van der Waals surface area (Å²) in [5.41, 5.74) is 0.335. The van der Waals surface area contributed by atoms with Crippen LogP contribution in [0.3, 0.4) is 0 Å². The predicted molar refractivity (Wildman–Crippen MR) is 123 cm³/mol. The molecule has 1 aromatic carbocycles. The van der Waals surface area contributed by atoms with Crippen LogP contribution >= 0.6 is 11.6 Å². The summed E-state index contributed by atoms with van der Waals surface area (Å²) >= 11 is 6.39. The highest BCUT2D eigenvalue weighted by Crippen LogP contribution is 2.42. The molecule has 36 heavy (non-hydrogen) atoms. The van der Waals surface area contributed by atoms with Crippen LogP contribution in [0.5, 0.6) is 0 Å². The number of hydrogen-bond acceptors (Lipinski definition) is 6. The molecule has 1 saturated carbocycles. The average Bonchev–Trinajstić information content (AvgIpc) is 3.32. The number of nitrogens with one attached hydrogen (secondary N) is 4. The van der Waals surface area contributed by atoms with Gasteiger partial charge in [-0.2, -0.15) is 18.3 Å². The van der Waals surface area contributed by atoms with E-state index in [0.717, 1.165) is 19.3 Å². The monoisotopic (exact) mass is 538 g/mol. The molecule has 9 nitrogen and oxygen atoms in total. The van der Waals surface area contributed by atoms with Crippen LogP contribution in [0.25, 0.3) is 16.9 Å². The van der Waals surface area contributed by atoms with Crippen molar-refractivity contribution in [3.05, 3.63) is 59.3 Å². The van der Waals surface area contributed by atoms with Crippen LogP contribution in [-0.2, 0) is 6.18 Å².